The summed E-state index contributed by atoms with van der Waals surface area (Å²) >= 11 is 0. The van der Waals surface area contributed by atoms with Crippen LogP contribution in [0.5, 0.6) is 0 Å². The largest absolute Gasteiger partial charge is 0.328 e. The molecule has 0 spiro atoms. The maximum atomic E-state index is 11.5. The number of carbonyl (C=O) groups excluding carboxylic acids is 1. The summed E-state index contributed by atoms with van der Waals surface area (Å²) in [6.45, 7) is -0.0595. The number of H-pyrrole nitrogens is 1. The molecule has 0 aliphatic heterocycles. The Morgan fingerprint density at radius 2 is 1.93 bits per heavy atom. The molecule has 15 heavy (non-hydrogen) atoms. The average Bonchev–Trinajstić information content (AvgIpc) is 2.29. The summed E-state index contributed by atoms with van der Waals surface area (Å²) in [6.07, 6.45) is 1.42. The van der Waals surface area contributed by atoms with Gasteiger partial charge >= 0.3 is 0 Å². The number of aromatic nitrogens is 1. The van der Waals surface area contributed by atoms with Gasteiger partial charge in [0.05, 0.1) is 6.54 Å². The number of nitrogens with one attached hydrogen (secondary N) is 1. The Balaban J connectivity index is 2.83. The first kappa shape index (κ1) is 9.61. The van der Waals surface area contributed by atoms with Crippen molar-refractivity contribution in [2.45, 2.75) is 0 Å². The highest BCUT2D eigenvalue weighted by Gasteiger charge is 2.09. The van der Waals surface area contributed by atoms with E-state index in [1.54, 1.807) is 24.3 Å². The van der Waals surface area contributed by atoms with E-state index < -0.39 is 0 Å². The van der Waals surface area contributed by atoms with Crippen LogP contribution in [0.3, 0.4) is 0 Å². The molecular formula is C11H10N2O2. The highest BCUT2D eigenvalue weighted by Crippen LogP contribution is 2.14. The van der Waals surface area contributed by atoms with E-state index in [0.717, 1.165) is 0 Å². The number of ketones is 1. The molecule has 0 amide bonds. The van der Waals surface area contributed by atoms with Gasteiger partial charge in [-0.3, -0.25) is 9.59 Å². The zero-order chi connectivity index (χ0) is 10.8. The number of rotatable bonds is 2. The van der Waals surface area contributed by atoms with E-state index in [9.17, 15) is 9.59 Å². The minimum atomic E-state index is -0.195. The lowest BCUT2D eigenvalue weighted by Gasteiger charge is -2.02. The lowest BCUT2D eigenvalue weighted by Crippen LogP contribution is -2.17. The number of carbonyl (C=O) groups is 1. The van der Waals surface area contributed by atoms with Gasteiger partial charge in [0.1, 0.15) is 0 Å². The molecule has 0 aliphatic rings. The van der Waals surface area contributed by atoms with E-state index in [-0.39, 0.29) is 17.9 Å². The van der Waals surface area contributed by atoms with Crippen LogP contribution in [-0.4, -0.2) is 17.3 Å². The topological polar surface area (TPSA) is 76.0 Å². The molecule has 1 heterocycles. The number of aromatic amines is 1. The summed E-state index contributed by atoms with van der Waals surface area (Å²) in [5.41, 5.74) is 5.56. The van der Waals surface area contributed by atoms with Gasteiger partial charge in [-0.25, -0.2) is 0 Å². The Morgan fingerprint density at radius 3 is 2.60 bits per heavy atom. The molecule has 4 heteroatoms. The molecule has 1 aromatic heterocycles. The molecule has 3 N–H and O–H groups in total. The summed E-state index contributed by atoms with van der Waals surface area (Å²) in [6, 6.07) is 6.97. The lowest BCUT2D eigenvalue weighted by molar-refractivity contribution is 0.100. The minimum Gasteiger partial charge on any atom is -0.328 e. The standard InChI is InChI=1S/C11H10N2O2/c12-5-10(14)9-6-13-11(15)8-4-2-1-3-7(8)9/h1-4,6H,5,12H2,(H,13,15). The molecule has 0 saturated heterocycles. The normalized spacial score (nSPS) is 10.5. The van der Waals surface area contributed by atoms with Crippen LogP contribution in [0.2, 0.25) is 0 Å². The fourth-order valence-electron chi connectivity index (χ4n) is 1.55. The third-order valence-electron chi connectivity index (χ3n) is 2.30. The van der Waals surface area contributed by atoms with Gasteiger partial charge in [0.25, 0.3) is 5.56 Å². The third-order valence-corrected chi connectivity index (χ3v) is 2.30. The SMILES string of the molecule is NCC(=O)c1c[nH]c(=O)c2ccccc12. The van der Waals surface area contributed by atoms with Gasteiger partial charge in [0.15, 0.2) is 5.78 Å². The zero-order valence-corrected chi connectivity index (χ0v) is 7.99. The summed E-state index contributed by atoms with van der Waals surface area (Å²) < 4.78 is 0. The maximum Gasteiger partial charge on any atom is 0.255 e. The van der Waals surface area contributed by atoms with Crippen molar-refractivity contribution >= 4 is 16.6 Å². The van der Waals surface area contributed by atoms with Crippen molar-refractivity contribution in [2.75, 3.05) is 6.54 Å². The van der Waals surface area contributed by atoms with Crippen LogP contribution in [0.1, 0.15) is 10.4 Å². The van der Waals surface area contributed by atoms with Gasteiger partial charge in [-0.2, -0.15) is 0 Å². The second kappa shape index (κ2) is 3.67. The predicted molar refractivity (Wildman–Crippen MR) is 58.0 cm³/mol. The van der Waals surface area contributed by atoms with E-state index >= 15 is 0 Å². The number of benzene rings is 1. The molecule has 0 bridgehead atoms. The molecule has 0 fully saturated rings. The Kier molecular flexibility index (Phi) is 2.35. The van der Waals surface area contributed by atoms with Crippen molar-refractivity contribution in [1.82, 2.24) is 4.98 Å². The molecule has 76 valence electrons. The fraction of sp³-hybridized carbons (Fsp3) is 0.0909. The fourth-order valence-corrected chi connectivity index (χ4v) is 1.55. The Morgan fingerprint density at radius 1 is 1.27 bits per heavy atom. The van der Waals surface area contributed by atoms with Crippen molar-refractivity contribution in [3.8, 4) is 0 Å². The number of fused-ring (bicyclic) bond motifs is 1. The third kappa shape index (κ3) is 1.55. The van der Waals surface area contributed by atoms with E-state index in [1.807, 2.05) is 0 Å². The second-order valence-electron chi connectivity index (χ2n) is 3.20. The minimum absolute atomic E-state index is 0.0595. The quantitative estimate of drug-likeness (QED) is 0.703. The van der Waals surface area contributed by atoms with Crippen molar-refractivity contribution in [2.24, 2.45) is 5.73 Å². The monoisotopic (exact) mass is 202 g/mol. The van der Waals surface area contributed by atoms with Crippen LogP contribution in [0.4, 0.5) is 0 Å². The molecule has 0 atom stereocenters. The predicted octanol–water partition coefficient (Wildman–Crippen LogP) is 0.669. The smallest absolute Gasteiger partial charge is 0.255 e. The molecule has 1 aromatic carbocycles. The summed E-state index contributed by atoms with van der Waals surface area (Å²) in [4.78, 5) is 25.5. The van der Waals surface area contributed by atoms with Crippen LogP contribution in [0.25, 0.3) is 10.8 Å². The summed E-state index contributed by atoms with van der Waals surface area (Å²) in [7, 11) is 0. The van der Waals surface area contributed by atoms with E-state index in [4.69, 9.17) is 5.73 Å². The second-order valence-corrected chi connectivity index (χ2v) is 3.20. The molecule has 2 rings (SSSR count). The average molecular weight is 202 g/mol. The highest BCUT2D eigenvalue weighted by atomic mass is 16.1. The van der Waals surface area contributed by atoms with Crippen molar-refractivity contribution in [1.29, 1.82) is 0 Å². The molecule has 0 saturated carbocycles. The van der Waals surface area contributed by atoms with Gasteiger partial charge in [0, 0.05) is 17.1 Å². The number of nitrogens with two attached hydrogens (primary N) is 1. The molecule has 0 aliphatic carbocycles. The Labute approximate surface area is 85.7 Å². The van der Waals surface area contributed by atoms with Gasteiger partial charge in [0.2, 0.25) is 0 Å². The zero-order valence-electron chi connectivity index (χ0n) is 7.99. The van der Waals surface area contributed by atoms with E-state index in [0.29, 0.717) is 16.3 Å². The van der Waals surface area contributed by atoms with Gasteiger partial charge < -0.3 is 10.7 Å². The highest BCUT2D eigenvalue weighted by molar-refractivity contribution is 6.08. The molecule has 0 radical (unpaired) electrons. The van der Waals surface area contributed by atoms with Crippen LogP contribution < -0.4 is 11.3 Å². The Bertz CT molecular complexity index is 572. The van der Waals surface area contributed by atoms with E-state index in [1.165, 1.54) is 6.20 Å². The Hall–Kier alpha value is -1.94. The van der Waals surface area contributed by atoms with Crippen LogP contribution >= 0.6 is 0 Å². The molecule has 0 unspecified atom stereocenters. The molecular weight excluding hydrogens is 192 g/mol. The van der Waals surface area contributed by atoms with Crippen LogP contribution in [0.15, 0.2) is 35.3 Å². The summed E-state index contributed by atoms with van der Waals surface area (Å²) in [5, 5.41) is 1.16. The maximum absolute atomic E-state index is 11.5. The lowest BCUT2D eigenvalue weighted by atomic mass is 10.0. The van der Waals surface area contributed by atoms with Crippen molar-refractivity contribution in [3.05, 3.63) is 46.4 Å². The molecule has 4 nitrogen and oxygen atoms in total. The number of Topliss-reactive ketones (excluding diaryl/α,β-unsaturated/α-hetero) is 1. The van der Waals surface area contributed by atoms with Gasteiger partial charge in [-0.05, 0) is 11.5 Å². The number of hydrogen-bond acceptors (Lipinski definition) is 3. The van der Waals surface area contributed by atoms with Crippen LogP contribution in [0, 0.1) is 0 Å². The first-order chi connectivity index (χ1) is 7.24. The van der Waals surface area contributed by atoms with Gasteiger partial charge in [-0.1, -0.05) is 18.2 Å². The number of pyridine rings is 1. The van der Waals surface area contributed by atoms with Crippen molar-refractivity contribution in [3.63, 3.8) is 0 Å². The van der Waals surface area contributed by atoms with Crippen LogP contribution in [-0.2, 0) is 0 Å². The van der Waals surface area contributed by atoms with Crippen molar-refractivity contribution < 1.29 is 4.79 Å². The summed E-state index contributed by atoms with van der Waals surface area (Å²) in [5.74, 6) is -0.178. The first-order valence-electron chi connectivity index (χ1n) is 4.57. The van der Waals surface area contributed by atoms with Gasteiger partial charge in [-0.15, -0.1) is 0 Å². The molecule has 2 aromatic rings. The number of hydrogen-bond donors (Lipinski definition) is 2. The van der Waals surface area contributed by atoms with E-state index in [2.05, 4.69) is 4.98 Å². The first-order valence-corrected chi connectivity index (χ1v) is 4.57.